The molecule has 3 rings (SSSR count). The van der Waals surface area contributed by atoms with Crippen molar-refractivity contribution in [3.8, 4) is 5.75 Å². The molecule has 2 aromatic heterocycles. The Morgan fingerprint density at radius 1 is 1.21 bits per heavy atom. The highest BCUT2D eigenvalue weighted by Crippen LogP contribution is 2.32. The molecule has 1 aromatic carbocycles. The van der Waals surface area contributed by atoms with Crippen molar-refractivity contribution in [1.29, 1.82) is 0 Å². The molecule has 0 unspecified atom stereocenters. The first-order valence-electron chi connectivity index (χ1n) is 8.93. The first-order valence-corrected chi connectivity index (χ1v) is 8.93. The molecule has 0 saturated heterocycles. The van der Waals surface area contributed by atoms with Crippen molar-refractivity contribution in [2.24, 2.45) is 5.73 Å². The van der Waals surface area contributed by atoms with Crippen LogP contribution in [0.15, 0.2) is 53.1 Å². The molecule has 0 aliphatic rings. The number of carbonyl (C=O) groups excluding carboxylic acids is 1. The van der Waals surface area contributed by atoms with E-state index in [1.807, 2.05) is 30.3 Å². The number of methoxy groups -OCH3 is 1. The molecule has 6 nitrogen and oxygen atoms in total. The van der Waals surface area contributed by atoms with Gasteiger partial charge in [-0.05, 0) is 50.4 Å². The second-order valence-corrected chi connectivity index (χ2v) is 6.77. The first-order chi connectivity index (χ1) is 13.3. The van der Waals surface area contributed by atoms with Gasteiger partial charge in [0.15, 0.2) is 5.78 Å². The SMILES string of the molecule is COc1cc2c(cc1C(C(C)=O)=C(C)N)cc(C)c(=O)n2Cc1ccccn1. The van der Waals surface area contributed by atoms with Crippen LogP contribution in [0.5, 0.6) is 5.75 Å². The van der Waals surface area contributed by atoms with E-state index in [0.29, 0.717) is 40.2 Å². The molecule has 0 spiro atoms. The summed E-state index contributed by atoms with van der Waals surface area (Å²) in [5.41, 5.74) is 9.42. The van der Waals surface area contributed by atoms with E-state index < -0.39 is 0 Å². The van der Waals surface area contributed by atoms with Crippen LogP contribution < -0.4 is 16.0 Å². The Morgan fingerprint density at radius 2 is 1.96 bits per heavy atom. The highest BCUT2D eigenvalue weighted by atomic mass is 16.5. The van der Waals surface area contributed by atoms with Crippen molar-refractivity contribution < 1.29 is 9.53 Å². The number of hydrogen-bond acceptors (Lipinski definition) is 5. The lowest BCUT2D eigenvalue weighted by molar-refractivity contribution is -0.111. The molecule has 144 valence electrons. The molecule has 0 saturated carbocycles. The van der Waals surface area contributed by atoms with Crippen LogP contribution in [0.1, 0.15) is 30.7 Å². The molecule has 2 heterocycles. The number of nitrogens with two attached hydrogens (primary N) is 1. The van der Waals surface area contributed by atoms with Crippen LogP contribution >= 0.6 is 0 Å². The first kappa shape index (κ1) is 19.4. The molecule has 0 aliphatic carbocycles. The highest BCUT2D eigenvalue weighted by Gasteiger charge is 2.18. The lowest BCUT2D eigenvalue weighted by Gasteiger charge is -2.17. The van der Waals surface area contributed by atoms with Crippen LogP contribution in [-0.2, 0) is 11.3 Å². The van der Waals surface area contributed by atoms with Crippen LogP contribution in [0.4, 0.5) is 0 Å². The summed E-state index contributed by atoms with van der Waals surface area (Å²) < 4.78 is 7.21. The Hall–Kier alpha value is -3.41. The van der Waals surface area contributed by atoms with E-state index in [1.165, 1.54) is 14.0 Å². The molecule has 3 aromatic rings. The van der Waals surface area contributed by atoms with Crippen molar-refractivity contribution in [3.05, 3.63) is 75.5 Å². The third-order valence-corrected chi connectivity index (χ3v) is 4.66. The Balaban J connectivity index is 2.32. The summed E-state index contributed by atoms with van der Waals surface area (Å²) in [5.74, 6) is 0.344. The molecular formula is C22H23N3O3. The topological polar surface area (TPSA) is 87.2 Å². The van der Waals surface area contributed by atoms with Crippen LogP contribution in [-0.4, -0.2) is 22.4 Å². The second kappa shape index (κ2) is 7.68. The molecule has 0 atom stereocenters. The number of pyridine rings is 2. The van der Waals surface area contributed by atoms with Gasteiger partial charge in [0.05, 0.1) is 24.9 Å². The summed E-state index contributed by atoms with van der Waals surface area (Å²) in [7, 11) is 1.53. The quantitative estimate of drug-likeness (QED) is 0.691. The maximum absolute atomic E-state index is 12.8. The van der Waals surface area contributed by atoms with Crippen LogP contribution in [0.2, 0.25) is 0 Å². The summed E-state index contributed by atoms with van der Waals surface area (Å²) in [6.07, 6.45) is 1.70. The van der Waals surface area contributed by atoms with E-state index >= 15 is 0 Å². The average molecular weight is 377 g/mol. The number of ether oxygens (including phenoxy) is 1. The third-order valence-electron chi connectivity index (χ3n) is 4.66. The fourth-order valence-electron chi connectivity index (χ4n) is 3.41. The van der Waals surface area contributed by atoms with Crippen molar-refractivity contribution in [2.45, 2.75) is 27.3 Å². The van der Waals surface area contributed by atoms with E-state index in [-0.39, 0.29) is 11.3 Å². The Labute approximate surface area is 163 Å². The number of allylic oxidation sites excluding steroid dienone is 2. The van der Waals surface area contributed by atoms with E-state index in [0.717, 1.165) is 11.1 Å². The number of Topliss-reactive ketones (excluding diaryl/α,β-unsaturated/α-hetero) is 1. The predicted octanol–water partition coefficient (Wildman–Crippen LogP) is 3.04. The van der Waals surface area contributed by atoms with Crippen LogP contribution in [0.25, 0.3) is 16.5 Å². The van der Waals surface area contributed by atoms with Gasteiger partial charge in [-0.3, -0.25) is 14.6 Å². The number of aromatic nitrogens is 2. The minimum absolute atomic E-state index is 0.0923. The van der Waals surface area contributed by atoms with Gasteiger partial charge in [-0.15, -0.1) is 0 Å². The smallest absolute Gasteiger partial charge is 0.254 e. The number of ketones is 1. The maximum Gasteiger partial charge on any atom is 0.254 e. The molecule has 0 amide bonds. The number of benzene rings is 1. The van der Waals surface area contributed by atoms with Gasteiger partial charge < -0.3 is 15.0 Å². The normalized spacial score (nSPS) is 12.0. The molecular weight excluding hydrogens is 354 g/mol. The maximum atomic E-state index is 12.8. The van der Waals surface area contributed by atoms with Crippen LogP contribution in [0.3, 0.4) is 0 Å². The molecule has 0 aliphatic heterocycles. The van der Waals surface area contributed by atoms with Gasteiger partial charge in [-0.2, -0.15) is 0 Å². The molecule has 28 heavy (non-hydrogen) atoms. The molecule has 6 heteroatoms. The zero-order valence-electron chi connectivity index (χ0n) is 16.4. The summed E-state index contributed by atoms with van der Waals surface area (Å²) in [5, 5.41) is 0.823. The predicted molar refractivity (Wildman–Crippen MR) is 110 cm³/mol. The Bertz CT molecular complexity index is 1140. The number of nitrogens with zero attached hydrogens (tertiary/aromatic N) is 2. The number of carbonyl (C=O) groups is 1. The fourth-order valence-corrected chi connectivity index (χ4v) is 3.41. The fraction of sp³-hybridized carbons (Fsp3) is 0.227. The Kier molecular flexibility index (Phi) is 5.31. The summed E-state index contributed by atoms with van der Waals surface area (Å²) in [6, 6.07) is 11.0. The summed E-state index contributed by atoms with van der Waals surface area (Å²) in [4.78, 5) is 29.3. The number of aryl methyl sites for hydroxylation is 1. The average Bonchev–Trinajstić information content (AvgIpc) is 2.65. The zero-order chi connectivity index (χ0) is 20.4. The minimum atomic E-state index is -0.142. The lowest BCUT2D eigenvalue weighted by Crippen LogP contribution is -2.23. The lowest BCUT2D eigenvalue weighted by atomic mass is 9.97. The number of hydrogen-bond donors (Lipinski definition) is 1. The van der Waals surface area contributed by atoms with E-state index in [2.05, 4.69) is 4.98 Å². The monoisotopic (exact) mass is 377 g/mol. The van der Waals surface area contributed by atoms with Crippen molar-refractivity contribution >= 4 is 22.3 Å². The molecule has 0 fully saturated rings. The van der Waals surface area contributed by atoms with Gasteiger partial charge in [0.2, 0.25) is 0 Å². The number of fused-ring (bicyclic) bond motifs is 1. The second-order valence-electron chi connectivity index (χ2n) is 6.77. The standard InChI is InChI=1S/C22H23N3O3/c1-13-9-16-10-18(21(14(2)23)15(3)26)20(28-4)11-19(16)25(22(13)27)12-17-7-5-6-8-24-17/h5-11H,12,23H2,1-4H3. The van der Waals surface area contributed by atoms with Gasteiger partial charge >= 0.3 is 0 Å². The zero-order valence-corrected chi connectivity index (χ0v) is 16.4. The number of rotatable bonds is 5. The van der Waals surface area contributed by atoms with Crippen LogP contribution in [0, 0.1) is 6.92 Å². The summed E-state index contributed by atoms with van der Waals surface area (Å²) >= 11 is 0. The van der Waals surface area contributed by atoms with Crippen molar-refractivity contribution in [1.82, 2.24) is 9.55 Å². The van der Waals surface area contributed by atoms with E-state index in [1.54, 1.807) is 30.7 Å². The van der Waals surface area contributed by atoms with Crippen molar-refractivity contribution in [3.63, 3.8) is 0 Å². The summed E-state index contributed by atoms with van der Waals surface area (Å²) in [6.45, 7) is 5.28. The third kappa shape index (κ3) is 3.53. The van der Waals surface area contributed by atoms with Gasteiger partial charge in [-0.25, -0.2) is 0 Å². The largest absolute Gasteiger partial charge is 0.496 e. The van der Waals surface area contributed by atoms with E-state index in [9.17, 15) is 9.59 Å². The van der Waals surface area contributed by atoms with Gasteiger partial charge in [0, 0.05) is 34.7 Å². The molecule has 0 bridgehead atoms. The Morgan fingerprint density at radius 3 is 2.54 bits per heavy atom. The molecule has 0 radical (unpaired) electrons. The molecule has 2 N–H and O–H groups in total. The van der Waals surface area contributed by atoms with E-state index in [4.69, 9.17) is 10.5 Å². The van der Waals surface area contributed by atoms with Gasteiger partial charge in [0.25, 0.3) is 5.56 Å². The minimum Gasteiger partial charge on any atom is -0.496 e. The van der Waals surface area contributed by atoms with Gasteiger partial charge in [-0.1, -0.05) is 6.07 Å². The van der Waals surface area contributed by atoms with Crippen molar-refractivity contribution in [2.75, 3.05) is 7.11 Å². The highest BCUT2D eigenvalue weighted by molar-refractivity contribution is 6.21. The van der Waals surface area contributed by atoms with Gasteiger partial charge in [0.1, 0.15) is 5.75 Å².